The van der Waals surface area contributed by atoms with E-state index in [0.29, 0.717) is 5.56 Å². The number of rotatable bonds is 4. The topological polar surface area (TPSA) is 41.6 Å². The first kappa shape index (κ1) is 13.9. The quantitative estimate of drug-likeness (QED) is 0.843. The largest absolute Gasteiger partial charge is 0.459 e. The van der Waals surface area contributed by atoms with Crippen LogP contribution in [0.25, 0.3) is 0 Å². The summed E-state index contributed by atoms with van der Waals surface area (Å²) in [4.78, 5) is 14.2. The molecule has 0 aromatic heterocycles. The van der Waals surface area contributed by atoms with Crippen LogP contribution >= 0.6 is 0 Å². The van der Waals surface area contributed by atoms with Gasteiger partial charge < -0.3 is 15.0 Å². The van der Waals surface area contributed by atoms with Gasteiger partial charge in [-0.25, -0.2) is 4.79 Å². The third kappa shape index (κ3) is 3.70. The highest BCUT2D eigenvalue weighted by molar-refractivity contribution is 5.89. The molecule has 1 unspecified atom stereocenters. The first-order chi connectivity index (χ1) is 9.20. The molecule has 1 heterocycles. The Morgan fingerprint density at radius 2 is 1.95 bits per heavy atom. The van der Waals surface area contributed by atoms with Crippen molar-refractivity contribution in [2.75, 3.05) is 31.1 Å². The lowest BCUT2D eigenvalue weighted by molar-refractivity contribution is 0.0334. The minimum absolute atomic E-state index is 0.0275. The van der Waals surface area contributed by atoms with Crippen molar-refractivity contribution in [1.29, 1.82) is 0 Å². The summed E-state index contributed by atoms with van der Waals surface area (Å²) in [6.45, 7) is 7.96. The van der Waals surface area contributed by atoms with Crippen molar-refractivity contribution in [2.24, 2.45) is 0 Å². The van der Waals surface area contributed by atoms with E-state index in [0.717, 1.165) is 32.6 Å². The summed E-state index contributed by atoms with van der Waals surface area (Å²) in [5.74, 6) is -0.235. The Hall–Kier alpha value is -1.55. The number of nitrogens with zero attached hydrogens (tertiary/aromatic N) is 1. The number of carbonyl (C=O) groups is 1. The Balaban J connectivity index is 1.99. The van der Waals surface area contributed by atoms with Crippen LogP contribution < -0.4 is 10.2 Å². The van der Waals surface area contributed by atoms with E-state index < -0.39 is 0 Å². The second-order valence-electron chi connectivity index (χ2n) is 4.91. The molecule has 19 heavy (non-hydrogen) atoms. The van der Waals surface area contributed by atoms with Gasteiger partial charge in [-0.15, -0.1) is 0 Å². The maximum Gasteiger partial charge on any atom is 0.338 e. The fourth-order valence-electron chi connectivity index (χ4n) is 2.07. The van der Waals surface area contributed by atoms with Crippen molar-refractivity contribution in [3.05, 3.63) is 29.8 Å². The molecule has 4 heteroatoms. The molecule has 0 radical (unpaired) electrons. The third-order valence-electron chi connectivity index (χ3n) is 3.47. The predicted molar refractivity (Wildman–Crippen MR) is 76.7 cm³/mol. The van der Waals surface area contributed by atoms with Crippen LogP contribution in [0.5, 0.6) is 0 Å². The SMILES string of the molecule is CCC(C)OC(=O)c1ccc(N2CCNCC2)cc1. The molecular weight excluding hydrogens is 240 g/mol. The van der Waals surface area contributed by atoms with Crippen LogP contribution in [0.4, 0.5) is 5.69 Å². The number of hydrogen-bond acceptors (Lipinski definition) is 4. The molecule has 1 saturated heterocycles. The fourth-order valence-corrected chi connectivity index (χ4v) is 2.07. The molecule has 1 aromatic rings. The lowest BCUT2D eigenvalue weighted by Gasteiger charge is -2.29. The number of benzene rings is 1. The molecule has 2 rings (SSSR count). The van der Waals surface area contributed by atoms with Crippen LogP contribution in [0.3, 0.4) is 0 Å². The normalized spacial score (nSPS) is 17.1. The van der Waals surface area contributed by atoms with Gasteiger partial charge in [0.15, 0.2) is 0 Å². The van der Waals surface area contributed by atoms with E-state index in [-0.39, 0.29) is 12.1 Å². The summed E-state index contributed by atoms with van der Waals surface area (Å²) in [5.41, 5.74) is 1.79. The summed E-state index contributed by atoms with van der Waals surface area (Å²) in [6, 6.07) is 7.70. The van der Waals surface area contributed by atoms with Gasteiger partial charge in [-0.2, -0.15) is 0 Å². The Labute approximate surface area is 114 Å². The Morgan fingerprint density at radius 3 is 2.53 bits per heavy atom. The van der Waals surface area contributed by atoms with Crippen molar-refractivity contribution in [2.45, 2.75) is 26.4 Å². The van der Waals surface area contributed by atoms with Gasteiger partial charge in [0.2, 0.25) is 0 Å². The monoisotopic (exact) mass is 262 g/mol. The number of piperazine rings is 1. The molecule has 1 fully saturated rings. The van der Waals surface area contributed by atoms with Crippen molar-refractivity contribution in [3.63, 3.8) is 0 Å². The van der Waals surface area contributed by atoms with E-state index in [4.69, 9.17) is 4.74 Å². The van der Waals surface area contributed by atoms with Gasteiger partial charge in [-0.05, 0) is 37.6 Å². The maximum atomic E-state index is 11.9. The minimum Gasteiger partial charge on any atom is -0.459 e. The van der Waals surface area contributed by atoms with Crippen molar-refractivity contribution < 1.29 is 9.53 Å². The molecule has 0 aliphatic carbocycles. The van der Waals surface area contributed by atoms with E-state index in [1.165, 1.54) is 5.69 Å². The second-order valence-corrected chi connectivity index (χ2v) is 4.91. The number of ether oxygens (including phenoxy) is 1. The second kappa shape index (κ2) is 6.57. The van der Waals surface area contributed by atoms with E-state index in [2.05, 4.69) is 10.2 Å². The highest BCUT2D eigenvalue weighted by Crippen LogP contribution is 2.16. The molecule has 4 nitrogen and oxygen atoms in total. The van der Waals surface area contributed by atoms with Gasteiger partial charge >= 0.3 is 5.97 Å². The third-order valence-corrected chi connectivity index (χ3v) is 3.47. The van der Waals surface area contributed by atoms with Gasteiger partial charge in [0, 0.05) is 31.9 Å². The molecule has 0 amide bonds. The Kier molecular flexibility index (Phi) is 4.80. The molecule has 1 aliphatic heterocycles. The molecule has 0 spiro atoms. The van der Waals surface area contributed by atoms with Crippen LogP contribution in [0.15, 0.2) is 24.3 Å². The molecule has 0 saturated carbocycles. The van der Waals surface area contributed by atoms with E-state index in [9.17, 15) is 4.79 Å². The molecule has 1 aliphatic rings. The van der Waals surface area contributed by atoms with Crippen molar-refractivity contribution >= 4 is 11.7 Å². The highest BCUT2D eigenvalue weighted by Gasteiger charge is 2.13. The molecule has 104 valence electrons. The molecule has 1 aromatic carbocycles. The first-order valence-electron chi connectivity index (χ1n) is 6.97. The maximum absolute atomic E-state index is 11.9. The Morgan fingerprint density at radius 1 is 1.32 bits per heavy atom. The van der Waals surface area contributed by atoms with Gasteiger partial charge in [-0.1, -0.05) is 6.92 Å². The molecule has 1 atom stereocenters. The van der Waals surface area contributed by atoms with Crippen molar-refractivity contribution in [3.8, 4) is 0 Å². The zero-order chi connectivity index (χ0) is 13.7. The van der Waals surface area contributed by atoms with Crippen LogP contribution in [-0.2, 0) is 4.74 Å². The van der Waals surface area contributed by atoms with Crippen LogP contribution in [0, 0.1) is 0 Å². The van der Waals surface area contributed by atoms with Gasteiger partial charge in [0.1, 0.15) is 0 Å². The number of carbonyl (C=O) groups excluding carboxylic acids is 1. The van der Waals surface area contributed by atoms with Gasteiger partial charge in [0.05, 0.1) is 11.7 Å². The van der Waals surface area contributed by atoms with Gasteiger partial charge in [0.25, 0.3) is 0 Å². The number of hydrogen-bond donors (Lipinski definition) is 1. The molecule has 0 bridgehead atoms. The number of anilines is 1. The zero-order valence-electron chi connectivity index (χ0n) is 11.7. The van der Waals surface area contributed by atoms with Crippen molar-refractivity contribution in [1.82, 2.24) is 5.32 Å². The number of esters is 1. The van der Waals surface area contributed by atoms with Crippen LogP contribution in [0.1, 0.15) is 30.6 Å². The fraction of sp³-hybridized carbons (Fsp3) is 0.533. The predicted octanol–water partition coefficient (Wildman–Crippen LogP) is 2.05. The summed E-state index contributed by atoms with van der Waals surface area (Å²) < 4.78 is 5.31. The highest BCUT2D eigenvalue weighted by atomic mass is 16.5. The number of nitrogens with one attached hydrogen (secondary N) is 1. The lowest BCUT2D eigenvalue weighted by atomic mass is 10.2. The van der Waals surface area contributed by atoms with Gasteiger partial charge in [-0.3, -0.25) is 0 Å². The van der Waals surface area contributed by atoms with E-state index >= 15 is 0 Å². The standard InChI is InChI=1S/C15H22N2O2/c1-3-12(2)19-15(18)13-4-6-14(7-5-13)17-10-8-16-9-11-17/h4-7,12,16H,3,8-11H2,1-2H3. The summed E-state index contributed by atoms with van der Waals surface area (Å²) in [5, 5.41) is 3.33. The molecule has 1 N–H and O–H groups in total. The summed E-state index contributed by atoms with van der Waals surface area (Å²) in [6.07, 6.45) is 0.810. The van der Waals surface area contributed by atoms with E-state index in [1.54, 1.807) is 0 Å². The smallest absolute Gasteiger partial charge is 0.338 e. The average Bonchev–Trinajstić information content (AvgIpc) is 2.48. The zero-order valence-corrected chi connectivity index (χ0v) is 11.7. The summed E-state index contributed by atoms with van der Waals surface area (Å²) in [7, 11) is 0. The lowest BCUT2D eigenvalue weighted by Crippen LogP contribution is -2.43. The minimum atomic E-state index is -0.235. The van der Waals surface area contributed by atoms with E-state index in [1.807, 2.05) is 38.1 Å². The molecular formula is C15H22N2O2. The van der Waals surface area contributed by atoms with Crippen LogP contribution in [-0.4, -0.2) is 38.3 Å². The summed E-state index contributed by atoms with van der Waals surface area (Å²) >= 11 is 0. The first-order valence-corrected chi connectivity index (χ1v) is 6.97. The Bertz CT molecular complexity index is 411. The average molecular weight is 262 g/mol. The van der Waals surface area contributed by atoms with Crippen LogP contribution in [0.2, 0.25) is 0 Å².